The van der Waals surface area contributed by atoms with Crippen LogP contribution in [0, 0.1) is 0 Å². The highest BCUT2D eigenvalue weighted by Crippen LogP contribution is 2.41. The van der Waals surface area contributed by atoms with E-state index in [0.29, 0.717) is 10.9 Å². The summed E-state index contributed by atoms with van der Waals surface area (Å²) < 4.78 is 39.9. The number of nitrogens with one attached hydrogen (secondary N) is 2. The molecule has 8 heteroatoms. The molecule has 0 aliphatic carbocycles. The molecule has 0 spiro atoms. The van der Waals surface area contributed by atoms with Crippen LogP contribution >= 0.6 is 23.5 Å². The van der Waals surface area contributed by atoms with Gasteiger partial charge in [0.25, 0.3) is 5.91 Å². The zero-order valence-electron chi connectivity index (χ0n) is 16.1. The van der Waals surface area contributed by atoms with Crippen LogP contribution in [0.5, 0.6) is 0 Å². The highest BCUT2D eigenvalue weighted by atomic mass is 32.2. The van der Waals surface area contributed by atoms with Gasteiger partial charge in [-0.3, -0.25) is 4.79 Å². The fraction of sp³-hybridized carbons (Fsp3) is 0.450. The van der Waals surface area contributed by atoms with Crippen LogP contribution in [-0.4, -0.2) is 22.7 Å². The Morgan fingerprint density at radius 1 is 1.39 bits per heavy atom. The van der Waals surface area contributed by atoms with Gasteiger partial charge in [0.15, 0.2) is 0 Å². The number of carbonyl (C=O) groups excluding carboxylic acids is 1. The number of hydrogen-bond donors (Lipinski definition) is 2. The minimum atomic E-state index is -4.63. The highest BCUT2D eigenvalue weighted by Gasteiger charge is 2.43. The van der Waals surface area contributed by atoms with Crippen LogP contribution in [0.4, 0.5) is 18.9 Å². The van der Waals surface area contributed by atoms with Gasteiger partial charge in [-0.25, -0.2) is 0 Å². The average molecular weight is 431 g/mol. The molecule has 1 aromatic rings. The normalized spacial score (nSPS) is 19.1. The number of halogens is 3. The van der Waals surface area contributed by atoms with Crippen molar-refractivity contribution < 1.29 is 18.0 Å². The maximum absolute atomic E-state index is 13.3. The number of carbonyl (C=O) groups is 1. The molecule has 1 amide bonds. The van der Waals surface area contributed by atoms with Gasteiger partial charge in [0.05, 0.1) is 5.37 Å². The van der Waals surface area contributed by atoms with Gasteiger partial charge in [-0.2, -0.15) is 24.9 Å². The molecule has 0 aromatic heterocycles. The van der Waals surface area contributed by atoms with Gasteiger partial charge in [-0.15, -0.1) is 6.58 Å². The molecule has 3 atom stereocenters. The number of para-hydroxylation sites is 1. The fourth-order valence-corrected chi connectivity index (χ4v) is 5.35. The van der Waals surface area contributed by atoms with Crippen LogP contribution < -0.4 is 10.6 Å². The fourth-order valence-electron chi connectivity index (χ4n) is 2.95. The van der Waals surface area contributed by atoms with Gasteiger partial charge in [-0.1, -0.05) is 56.3 Å². The van der Waals surface area contributed by atoms with Crippen LogP contribution in [0.25, 0.3) is 0 Å². The zero-order valence-corrected chi connectivity index (χ0v) is 17.7. The lowest BCUT2D eigenvalue weighted by molar-refractivity contribution is -0.114. The first-order valence-electron chi connectivity index (χ1n) is 9.10. The van der Waals surface area contributed by atoms with E-state index in [1.807, 2.05) is 19.1 Å². The summed E-state index contributed by atoms with van der Waals surface area (Å²) in [5, 5.41) is 4.86. The van der Waals surface area contributed by atoms with Gasteiger partial charge >= 0.3 is 6.18 Å². The summed E-state index contributed by atoms with van der Waals surface area (Å²) in [6.45, 7) is 9.83. The molecule has 1 aromatic carbocycles. The van der Waals surface area contributed by atoms with E-state index in [-0.39, 0.29) is 10.2 Å². The quantitative estimate of drug-likeness (QED) is 0.480. The molecule has 1 heterocycles. The molecule has 154 valence electrons. The number of thioether (sulfide) groups is 2. The van der Waals surface area contributed by atoms with E-state index >= 15 is 0 Å². The molecule has 0 fully saturated rings. The smallest absolute Gasteiger partial charge is 0.365 e. The van der Waals surface area contributed by atoms with Gasteiger partial charge in [-0.05, 0) is 25.0 Å². The Balaban J connectivity index is 2.23. The monoisotopic (exact) mass is 430 g/mol. The topological polar surface area (TPSA) is 41.1 Å². The second kappa shape index (κ2) is 9.78. The summed E-state index contributed by atoms with van der Waals surface area (Å²) in [6, 6.07) is 7.25. The van der Waals surface area contributed by atoms with E-state index < -0.39 is 23.2 Å². The Morgan fingerprint density at radius 3 is 2.68 bits per heavy atom. The second-order valence-corrected chi connectivity index (χ2v) is 9.48. The molecule has 0 saturated carbocycles. The standard InChI is InChI=1S/C20H25F3N2OS2/c1-5-9-12(3)27-13(4)14-10-7-8-11-15(14)24-19(26)17-18(20(21,22)23)25-16(6-2)28-17/h6-8,10-13,16,25H,2,5,9H2,1,3-4H3,(H,24,26). The summed E-state index contributed by atoms with van der Waals surface area (Å²) in [6.07, 6.45) is -1.12. The van der Waals surface area contributed by atoms with Gasteiger partial charge in [0, 0.05) is 16.2 Å². The number of allylic oxidation sites excluding steroid dienone is 1. The molecule has 2 rings (SSSR count). The van der Waals surface area contributed by atoms with Crippen molar-refractivity contribution in [2.45, 2.75) is 55.7 Å². The molecule has 0 saturated heterocycles. The third kappa shape index (κ3) is 5.73. The first-order chi connectivity index (χ1) is 13.2. The van der Waals surface area contributed by atoms with Crippen LogP contribution in [0.2, 0.25) is 0 Å². The molecule has 28 heavy (non-hydrogen) atoms. The Hall–Kier alpha value is -1.54. The van der Waals surface area contributed by atoms with Crippen molar-refractivity contribution in [3.05, 3.63) is 53.1 Å². The Bertz CT molecular complexity index is 749. The van der Waals surface area contributed by atoms with Crippen molar-refractivity contribution in [3.8, 4) is 0 Å². The van der Waals surface area contributed by atoms with E-state index in [9.17, 15) is 18.0 Å². The van der Waals surface area contributed by atoms with Crippen LogP contribution in [0.15, 0.2) is 47.5 Å². The number of rotatable bonds is 8. The molecular formula is C20H25F3N2OS2. The average Bonchev–Trinajstić information content (AvgIpc) is 3.07. The minimum Gasteiger partial charge on any atom is -0.365 e. The minimum absolute atomic E-state index is 0.101. The first-order valence-corrected chi connectivity index (χ1v) is 10.9. The van der Waals surface area contributed by atoms with Crippen molar-refractivity contribution in [2.75, 3.05) is 5.32 Å². The van der Waals surface area contributed by atoms with Gasteiger partial charge in [0.2, 0.25) is 0 Å². The number of amides is 1. The maximum Gasteiger partial charge on any atom is 0.432 e. The SMILES string of the molecule is C=CC1NC(C(F)(F)F)=C(C(=O)Nc2ccccc2C(C)SC(C)CCC)S1. The molecule has 0 radical (unpaired) electrons. The van der Waals surface area contributed by atoms with Gasteiger partial charge < -0.3 is 10.6 Å². The van der Waals surface area contributed by atoms with E-state index in [0.717, 1.165) is 30.2 Å². The maximum atomic E-state index is 13.3. The lowest BCUT2D eigenvalue weighted by Crippen LogP contribution is -2.28. The Labute approximate surface area is 172 Å². The molecule has 3 nitrogen and oxygen atoms in total. The highest BCUT2D eigenvalue weighted by molar-refractivity contribution is 8.05. The molecule has 0 bridgehead atoms. The largest absolute Gasteiger partial charge is 0.432 e. The van der Waals surface area contributed by atoms with E-state index in [1.54, 1.807) is 23.9 Å². The first kappa shape index (κ1) is 22.7. The summed E-state index contributed by atoms with van der Waals surface area (Å²) in [5.41, 5.74) is 0.415. The third-order valence-electron chi connectivity index (χ3n) is 4.24. The van der Waals surface area contributed by atoms with Crippen LogP contribution in [-0.2, 0) is 4.79 Å². The zero-order chi connectivity index (χ0) is 20.9. The summed E-state index contributed by atoms with van der Waals surface area (Å²) in [5.74, 6) is -0.763. The molecular weight excluding hydrogens is 405 g/mol. The van der Waals surface area contributed by atoms with Crippen molar-refractivity contribution in [3.63, 3.8) is 0 Å². The number of benzene rings is 1. The van der Waals surface area contributed by atoms with Crippen LogP contribution in [0.1, 0.15) is 44.4 Å². The molecule has 1 aliphatic heterocycles. The van der Waals surface area contributed by atoms with E-state index in [1.165, 1.54) is 6.08 Å². The molecule has 1 aliphatic rings. The molecule has 3 unspecified atom stereocenters. The summed E-state index contributed by atoms with van der Waals surface area (Å²) >= 11 is 2.60. The summed E-state index contributed by atoms with van der Waals surface area (Å²) in [7, 11) is 0. The van der Waals surface area contributed by atoms with Crippen LogP contribution in [0.3, 0.4) is 0 Å². The Kier molecular flexibility index (Phi) is 7.95. The predicted octanol–water partition coefficient (Wildman–Crippen LogP) is 6.23. The van der Waals surface area contributed by atoms with Crippen molar-refractivity contribution in [1.82, 2.24) is 5.32 Å². The van der Waals surface area contributed by atoms with Crippen molar-refractivity contribution >= 4 is 35.1 Å². The number of anilines is 1. The third-order valence-corrected chi connectivity index (χ3v) is 6.79. The number of alkyl halides is 3. The van der Waals surface area contributed by atoms with Gasteiger partial charge in [0.1, 0.15) is 10.6 Å². The van der Waals surface area contributed by atoms with Crippen molar-refractivity contribution in [1.29, 1.82) is 0 Å². The summed E-state index contributed by atoms with van der Waals surface area (Å²) in [4.78, 5) is 12.3. The lowest BCUT2D eigenvalue weighted by Gasteiger charge is -2.20. The predicted molar refractivity (Wildman–Crippen MR) is 113 cm³/mol. The van der Waals surface area contributed by atoms with E-state index in [4.69, 9.17) is 0 Å². The molecule has 2 N–H and O–H groups in total. The Morgan fingerprint density at radius 2 is 2.07 bits per heavy atom. The van der Waals surface area contributed by atoms with E-state index in [2.05, 4.69) is 31.1 Å². The lowest BCUT2D eigenvalue weighted by atomic mass is 10.1. The number of hydrogen-bond acceptors (Lipinski definition) is 4. The van der Waals surface area contributed by atoms with Crippen molar-refractivity contribution in [2.24, 2.45) is 0 Å². The second-order valence-electron chi connectivity index (χ2n) is 6.54.